The van der Waals surface area contributed by atoms with Gasteiger partial charge in [-0.15, -0.1) is 0 Å². The molecule has 8 nitrogen and oxygen atoms in total. The predicted octanol–water partition coefficient (Wildman–Crippen LogP) is -2.28. The first kappa shape index (κ1) is 12.3. The van der Waals surface area contributed by atoms with Gasteiger partial charge in [-0.1, -0.05) is 0 Å². The first-order valence-corrected chi connectivity index (χ1v) is 3.30. The third-order valence-corrected chi connectivity index (χ3v) is 1.48. The van der Waals surface area contributed by atoms with Crippen LogP contribution >= 0.6 is 0 Å². The van der Waals surface area contributed by atoms with E-state index in [2.05, 4.69) is 0 Å². The summed E-state index contributed by atoms with van der Waals surface area (Å²) in [6.45, 7) is 0. The molecule has 0 saturated heterocycles. The normalized spacial score (nSPS) is 16.7. The van der Waals surface area contributed by atoms with Crippen LogP contribution in [0, 0.1) is 0 Å². The van der Waals surface area contributed by atoms with Crippen LogP contribution in [0.5, 0.6) is 0 Å². The van der Waals surface area contributed by atoms with Crippen LogP contribution in [0.4, 0.5) is 0 Å². The first-order chi connectivity index (χ1) is 6.21. The Bertz CT molecular complexity index is 271. The van der Waals surface area contributed by atoms with Gasteiger partial charge in [-0.05, 0) is 0 Å². The van der Waals surface area contributed by atoms with E-state index in [1.807, 2.05) is 0 Å². The minimum absolute atomic E-state index is 1.41. The molecular formula is C6H8O8. The molecule has 8 heteroatoms. The molecular weight excluding hydrogens is 200 g/mol. The zero-order chi connectivity index (χ0) is 11.5. The third-order valence-electron chi connectivity index (χ3n) is 1.48. The summed E-state index contributed by atoms with van der Waals surface area (Å²) in [6, 6.07) is 0. The van der Waals surface area contributed by atoms with Gasteiger partial charge in [0.05, 0.1) is 6.42 Å². The third kappa shape index (κ3) is 2.41. The topological polar surface area (TPSA) is 152 Å². The summed E-state index contributed by atoms with van der Waals surface area (Å²) in [5, 5.41) is 42.6. The fraction of sp³-hybridized carbons (Fsp3) is 0.500. The van der Waals surface area contributed by atoms with E-state index in [1.54, 1.807) is 0 Å². The van der Waals surface area contributed by atoms with Crippen LogP contribution < -0.4 is 0 Å². The van der Waals surface area contributed by atoms with Crippen molar-refractivity contribution in [3.05, 3.63) is 0 Å². The second-order valence-corrected chi connectivity index (χ2v) is 2.54. The van der Waals surface area contributed by atoms with E-state index in [4.69, 9.17) is 25.5 Å². The summed E-state index contributed by atoms with van der Waals surface area (Å²) in [4.78, 5) is 30.7. The van der Waals surface area contributed by atoms with E-state index < -0.39 is 36.0 Å². The summed E-state index contributed by atoms with van der Waals surface area (Å²) in [5.74, 6) is -5.87. The molecule has 0 radical (unpaired) electrons. The van der Waals surface area contributed by atoms with Crippen LogP contribution in [0.15, 0.2) is 0 Å². The van der Waals surface area contributed by atoms with Gasteiger partial charge in [0.25, 0.3) is 0 Å². The molecule has 0 spiro atoms. The standard InChI is InChI=1S/C6H8O8/c7-2(8)1-6(14,5(12)13)3(9)4(10)11/h3,9,14H,1H2,(H,7,8)(H,10,11)(H,12,13)/t3-,6+/m0/s1. The molecule has 0 bridgehead atoms. The molecule has 5 N–H and O–H groups in total. The van der Waals surface area contributed by atoms with Gasteiger partial charge in [0.1, 0.15) is 0 Å². The number of hydrogen-bond donors (Lipinski definition) is 5. The molecule has 0 saturated carbocycles. The molecule has 0 aromatic carbocycles. The van der Waals surface area contributed by atoms with Crippen molar-refractivity contribution in [2.75, 3.05) is 0 Å². The highest BCUT2D eigenvalue weighted by molar-refractivity contribution is 5.90. The Morgan fingerprint density at radius 2 is 1.57 bits per heavy atom. The van der Waals surface area contributed by atoms with Crippen molar-refractivity contribution >= 4 is 17.9 Å². The molecule has 0 aliphatic heterocycles. The fourth-order valence-corrected chi connectivity index (χ4v) is 0.724. The molecule has 0 aromatic rings. The maximum atomic E-state index is 10.4. The highest BCUT2D eigenvalue weighted by atomic mass is 16.4. The predicted molar refractivity (Wildman–Crippen MR) is 38.5 cm³/mol. The highest BCUT2D eigenvalue weighted by Gasteiger charge is 2.49. The van der Waals surface area contributed by atoms with Crippen LogP contribution in [0.25, 0.3) is 0 Å². The maximum Gasteiger partial charge on any atom is 0.339 e. The zero-order valence-corrected chi connectivity index (χ0v) is 6.75. The van der Waals surface area contributed by atoms with Crippen molar-refractivity contribution in [1.82, 2.24) is 0 Å². The summed E-state index contributed by atoms with van der Waals surface area (Å²) < 4.78 is 0. The van der Waals surface area contributed by atoms with Crippen LogP contribution in [-0.2, 0) is 14.4 Å². The lowest BCUT2D eigenvalue weighted by atomic mass is 9.93. The average molecular weight is 208 g/mol. The fourth-order valence-electron chi connectivity index (χ4n) is 0.724. The summed E-state index contributed by atoms with van der Waals surface area (Å²) >= 11 is 0. The van der Waals surface area contributed by atoms with Crippen molar-refractivity contribution < 1.29 is 39.9 Å². The van der Waals surface area contributed by atoms with Crippen molar-refractivity contribution in [2.24, 2.45) is 0 Å². The quantitative estimate of drug-likeness (QED) is 0.338. The summed E-state index contributed by atoms with van der Waals surface area (Å²) in [6.07, 6.45) is -4.11. The molecule has 0 aromatic heterocycles. The largest absolute Gasteiger partial charge is 0.481 e. The number of aliphatic hydroxyl groups is 2. The lowest BCUT2D eigenvalue weighted by Gasteiger charge is -2.23. The highest BCUT2D eigenvalue weighted by Crippen LogP contribution is 2.16. The lowest BCUT2D eigenvalue weighted by Crippen LogP contribution is -2.54. The molecule has 0 rings (SSSR count). The number of aliphatic carboxylic acids is 3. The Morgan fingerprint density at radius 1 is 1.14 bits per heavy atom. The molecule has 0 fully saturated rings. The Morgan fingerprint density at radius 3 is 1.79 bits per heavy atom. The second kappa shape index (κ2) is 4.03. The van der Waals surface area contributed by atoms with Crippen molar-refractivity contribution in [3.8, 4) is 0 Å². The van der Waals surface area contributed by atoms with Crippen molar-refractivity contribution in [1.29, 1.82) is 0 Å². The first-order valence-electron chi connectivity index (χ1n) is 3.30. The van der Waals surface area contributed by atoms with Gasteiger partial charge in [-0.3, -0.25) is 4.79 Å². The van der Waals surface area contributed by atoms with Gasteiger partial charge in [0.2, 0.25) is 5.60 Å². The number of hydrogen-bond acceptors (Lipinski definition) is 5. The number of carboxylic acid groups (broad SMARTS) is 3. The molecule has 2 atom stereocenters. The molecule has 0 aliphatic rings. The molecule has 0 amide bonds. The molecule has 14 heavy (non-hydrogen) atoms. The van der Waals surface area contributed by atoms with Gasteiger partial charge in [-0.25, -0.2) is 9.59 Å². The number of rotatable bonds is 5. The van der Waals surface area contributed by atoms with E-state index in [0.29, 0.717) is 0 Å². The molecule has 0 heterocycles. The smallest absolute Gasteiger partial charge is 0.339 e. The molecule has 0 aliphatic carbocycles. The number of carboxylic acids is 3. The van der Waals surface area contributed by atoms with Gasteiger partial charge in [0, 0.05) is 0 Å². The van der Waals surface area contributed by atoms with Crippen molar-refractivity contribution in [3.63, 3.8) is 0 Å². The second-order valence-electron chi connectivity index (χ2n) is 2.54. The van der Waals surface area contributed by atoms with E-state index in [1.165, 1.54) is 0 Å². The van der Waals surface area contributed by atoms with E-state index in [-0.39, 0.29) is 0 Å². The SMILES string of the molecule is O=C(O)C[C@](O)(C(=O)O)[C@@H](O)C(=O)O. The van der Waals surface area contributed by atoms with Gasteiger partial charge < -0.3 is 25.5 Å². The van der Waals surface area contributed by atoms with Crippen LogP contribution in [0.1, 0.15) is 6.42 Å². The Balaban J connectivity index is 4.99. The average Bonchev–Trinajstić information content (AvgIpc) is 2.00. The minimum atomic E-state index is -3.22. The lowest BCUT2D eigenvalue weighted by molar-refractivity contribution is -0.187. The van der Waals surface area contributed by atoms with Crippen LogP contribution in [-0.4, -0.2) is 55.1 Å². The van der Waals surface area contributed by atoms with E-state index in [0.717, 1.165) is 0 Å². The summed E-state index contributed by atoms with van der Waals surface area (Å²) in [5.41, 5.74) is -3.22. The Labute approximate surface area is 77.0 Å². The Kier molecular flexibility index (Phi) is 3.55. The van der Waals surface area contributed by atoms with Crippen LogP contribution in [0.3, 0.4) is 0 Å². The van der Waals surface area contributed by atoms with E-state index >= 15 is 0 Å². The zero-order valence-electron chi connectivity index (χ0n) is 6.75. The summed E-state index contributed by atoms with van der Waals surface area (Å²) in [7, 11) is 0. The molecule has 0 unspecified atom stereocenters. The van der Waals surface area contributed by atoms with E-state index in [9.17, 15) is 14.4 Å². The number of carbonyl (C=O) groups is 3. The van der Waals surface area contributed by atoms with Crippen molar-refractivity contribution in [2.45, 2.75) is 18.1 Å². The monoisotopic (exact) mass is 208 g/mol. The van der Waals surface area contributed by atoms with Gasteiger partial charge in [-0.2, -0.15) is 0 Å². The maximum absolute atomic E-state index is 10.4. The molecule has 80 valence electrons. The van der Waals surface area contributed by atoms with Gasteiger partial charge >= 0.3 is 17.9 Å². The number of aliphatic hydroxyl groups excluding tert-OH is 1. The van der Waals surface area contributed by atoms with Crippen LogP contribution in [0.2, 0.25) is 0 Å². The minimum Gasteiger partial charge on any atom is -0.481 e. The Hall–Kier alpha value is -1.67. The van der Waals surface area contributed by atoms with Gasteiger partial charge in [0.15, 0.2) is 6.10 Å².